The second-order valence-electron chi connectivity index (χ2n) is 6.35. The van der Waals surface area contributed by atoms with Gasteiger partial charge in [-0.25, -0.2) is 4.39 Å². The van der Waals surface area contributed by atoms with E-state index in [1.807, 2.05) is 0 Å². The summed E-state index contributed by atoms with van der Waals surface area (Å²) in [6, 6.07) is 6.45. The Morgan fingerprint density at radius 3 is 2.75 bits per heavy atom. The molecule has 2 aliphatic rings. The summed E-state index contributed by atoms with van der Waals surface area (Å²) in [5.74, 6) is -1.37. The molecule has 126 valence electrons. The van der Waals surface area contributed by atoms with Crippen LogP contribution in [0.1, 0.15) is 19.3 Å². The molecule has 1 saturated heterocycles. The number of anilines is 1. The molecule has 1 aliphatic heterocycles. The summed E-state index contributed by atoms with van der Waals surface area (Å²) in [5.41, 5.74) is 6.54. The van der Waals surface area contributed by atoms with E-state index in [1.54, 1.807) is 0 Å². The van der Waals surface area contributed by atoms with Crippen LogP contribution in [0.25, 0.3) is 0 Å². The maximum absolute atomic E-state index is 12.9. The maximum Gasteiger partial charge on any atom is 0.240 e. The van der Waals surface area contributed by atoms with E-state index in [2.05, 4.69) is 11.4 Å². The average Bonchev–Trinajstić information content (AvgIpc) is 3.25. The highest BCUT2D eigenvalue weighted by Crippen LogP contribution is 2.42. The molecule has 1 saturated carbocycles. The van der Waals surface area contributed by atoms with E-state index in [0.717, 1.165) is 6.42 Å². The third kappa shape index (κ3) is 3.24. The van der Waals surface area contributed by atoms with Crippen LogP contribution in [0, 0.1) is 29.0 Å². The highest BCUT2D eigenvalue weighted by molar-refractivity contribution is 5.95. The molecule has 4 atom stereocenters. The van der Waals surface area contributed by atoms with Crippen LogP contribution in [0.3, 0.4) is 0 Å². The number of likely N-dealkylation sites (tertiary alicyclic amines) is 1. The number of hydrogen-bond donors (Lipinski definition) is 2. The Balaban J connectivity index is 1.56. The van der Waals surface area contributed by atoms with Crippen LogP contribution in [0.2, 0.25) is 0 Å². The second kappa shape index (κ2) is 6.57. The third-order valence-electron chi connectivity index (χ3n) is 4.72. The number of nitrogens with zero attached hydrogens (tertiary/aromatic N) is 2. The van der Waals surface area contributed by atoms with Gasteiger partial charge in [-0.15, -0.1) is 0 Å². The molecule has 0 radical (unpaired) electrons. The number of benzene rings is 1. The van der Waals surface area contributed by atoms with Gasteiger partial charge in [-0.05, 0) is 49.4 Å². The number of amides is 2. The van der Waals surface area contributed by atoms with Gasteiger partial charge in [0.05, 0.1) is 12.1 Å². The predicted octanol–water partition coefficient (Wildman–Crippen LogP) is 1.24. The third-order valence-corrected chi connectivity index (χ3v) is 4.72. The number of carbonyl (C=O) groups excluding carboxylic acids is 2. The van der Waals surface area contributed by atoms with Crippen molar-refractivity contribution in [1.29, 1.82) is 5.26 Å². The molecule has 1 aromatic rings. The van der Waals surface area contributed by atoms with Crippen LogP contribution >= 0.6 is 0 Å². The van der Waals surface area contributed by atoms with Crippen LogP contribution < -0.4 is 11.1 Å². The number of nitriles is 1. The average molecular weight is 330 g/mol. The predicted molar refractivity (Wildman–Crippen MR) is 85.0 cm³/mol. The van der Waals surface area contributed by atoms with Crippen molar-refractivity contribution in [3.8, 4) is 6.07 Å². The molecule has 2 amide bonds. The van der Waals surface area contributed by atoms with Gasteiger partial charge in [-0.3, -0.25) is 9.59 Å². The van der Waals surface area contributed by atoms with E-state index in [1.165, 1.54) is 29.2 Å². The minimum absolute atomic E-state index is 0.210. The zero-order valence-corrected chi connectivity index (χ0v) is 13.1. The van der Waals surface area contributed by atoms with E-state index in [-0.39, 0.29) is 29.5 Å². The first-order valence-corrected chi connectivity index (χ1v) is 8.03. The van der Waals surface area contributed by atoms with Gasteiger partial charge in [0.25, 0.3) is 0 Å². The number of hydrogen-bond acceptors (Lipinski definition) is 4. The Labute approximate surface area is 139 Å². The number of nitrogens with two attached hydrogens (primary N) is 1. The molecule has 24 heavy (non-hydrogen) atoms. The first-order valence-electron chi connectivity index (χ1n) is 8.03. The molecule has 1 aromatic carbocycles. The highest BCUT2D eigenvalue weighted by Gasteiger charge is 2.50. The Hall–Kier alpha value is -2.46. The van der Waals surface area contributed by atoms with Crippen molar-refractivity contribution >= 4 is 17.5 Å². The van der Waals surface area contributed by atoms with E-state index >= 15 is 0 Å². The Kier molecular flexibility index (Phi) is 4.49. The highest BCUT2D eigenvalue weighted by atomic mass is 19.1. The van der Waals surface area contributed by atoms with Crippen LogP contribution in [0.4, 0.5) is 10.1 Å². The van der Waals surface area contributed by atoms with Gasteiger partial charge >= 0.3 is 0 Å². The molecule has 3 N–H and O–H groups in total. The molecule has 6 nitrogen and oxygen atoms in total. The molecule has 0 unspecified atom stereocenters. The van der Waals surface area contributed by atoms with Crippen LogP contribution in [-0.2, 0) is 9.59 Å². The van der Waals surface area contributed by atoms with Gasteiger partial charge in [0.15, 0.2) is 0 Å². The largest absolute Gasteiger partial charge is 0.326 e. The monoisotopic (exact) mass is 330 g/mol. The molecule has 0 aromatic heterocycles. The van der Waals surface area contributed by atoms with E-state index in [4.69, 9.17) is 11.0 Å². The van der Waals surface area contributed by atoms with Crippen molar-refractivity contribution in [1.82, 2.24) is 4.90 Å². The lowest BCUT2D eigenvalue weighted by Gasteiger charge is -2.23. The standard InChI is InChI=1S/C17H19FN4O2/c18-10-3-5-11(6-4-10)21-16(23)14-8-13(14)15(20)17(24)22-7-1-2-12(22)9-19/h3-6,12-15H,1-2,7-8,20H2,(H,21,23)/t12-,13+,14-,15-/m0/s1. The fraction of sp³-hybridized carbons (Fsp3) is 0.471. The van der Waals surface area contributed by atoms with Gasteiger partial charge in [-0.2, -0.15) is 5.26 Å². The minimum atomic E-state index is -0.761. The Morgan fingerprint density at radius 1 is 1.38 bits per heavy atom. The molecule has 0 spiro atoms. The van der Waals surface area contributed by atoms with E-state index < -0.39 is 12.1 Å². The SMILES string of the molecule is N#C[C@@H]1CCCN1C(=O)[C@@H](N)[C@@H]1C[C@@H]1C(=O)Nc1ccc(F)cc1. The smallest absolute Gasteiger partial charge is 0.240 e. The summed E-state index contributed by atoms with van der Waals surface area (Å²) < 4.78 is 12.9. The molecule has 2 fully saturated rings. The Bertz CT molecular complexity index is 685. The molecule has 3 rings (SSSR count). The first-order chi connectivity index (χ1) is 11.5. The van der Waals surface area contributed by atoms with Gasteiger partial charge in [0, 0.05) is 18.2 Å². The number of nitrogens with one attached hydrogen (secondary N) is 1. The van der Waals surface area contributed by atoms with Crippen molar-refractivity contribution in [2.75, 3.05) is 11.9 Å². The van der Waals surface area contributed by atoms with Gasteiger partial charge < -0.3 is 16.0 Å². The molecule has 1 heterocycles. The van der Waals surface area contributed by atoms with Crippen molar-refractivity contribution in [2.45, 2.75) is 31.3 Å². The fourth-order valence-corrected chi connectivity index (χ4v) is 3.22. The van der Waals surface area contributed by atoms with Crippen molar-refractivity contribution in [2.24, 2.45) is 17.6 Å². The molecule has 7 heteroatoms. The zero-order valence-electron chi connectivity index (χ0n) is 13.1. The van der Waals surface area contributed by atoms with Crippen LogP contribution in [-0.4, -0.2) is 35.3 Å². The molecule has 0 bridgehead atoms. The van der Waals surface area contributed by atoms with Crippen LogP contribution in [0.15, 0.2) is 24.3 Å². The fourth-order valence-electron chi connectivity index (χ4n) is 3.22. The molecular weight excluding hydrogens is 311 g/mol. The zero-order chi connectivity index (χ0) is 17.3. The molecule has 1 aliphatic carbocycles. The minimum Gasteiger partial charge on any atom is -0.326 e. The van der Waals surface area contributed by atoms with Crippen molar-refractivity contribution in [3.05, 3.63) is 30.1 Å². The first kappa shape index (κ1) is 16.4. The van der Waals surface area contributed by atoms with Crippen LogP contribution in [0.5, 0.6) is 0 Å². The van der Waals surface area contributed by atoms with Gasteiger partial charge in [-0.1, -0.05) is 0 Å². The molecular formula is C17H19FN4O2. The number of carbonyl (C=O) groups is 2. The number of halogens is 1. The van der Waals surface area contributed by atoms with E-state index in [9.17, 15) is 14.0 Å². The lowest BCUT2D eigenvalue weighted by molar-refractivity contribution is -0.133. The maximum atomic E-state index is 12.9. The number of rotatable bonds is 4. The summed E-state index contributed by atoms with van der Waals surface area (Å²) in [7, 11) is 0. The second-order valence-corrected chi connectivity index (χ2v) is 6.35. The van der Waals surface area contributed by atoms with Crippen molar-refractivity contribution in [3.63, 3.8) is 0 Å². The lowest BCUT2D eigenvalue weighted by atomic mass is 10.1. The summed E-state index contributed by atoms with van der Waals surface area (Å²) in [6.45, 7) is 0.546. The van der Waals surface area contributed by atoms with Gasteiger partial charge in [0.2, 0.25) is 11.8 Å². The summed E-state index contributed by atoms with van der Waals surface area (Å²) in [5, 5.41) is 11.8. The van der Waals surface area contributed by atoms with Crippen molar-refractivity contribution < 1.29 is 14.0 Å². The summed E-state index contributed by atoms with van der Waals surface area (Å²) >= 11 is 0. The summed E-state index contributed by atoms with van der Waals surface area (Å²) in [6.07, 6.45) is 2.02. The van der Waals surface area contributed by atoms with Gasteiger partial charge in [0.1, 0.15) is 11.9 Å². The Morgan fingerprint density at radius 2 is 2.08 bits per heavy atom. The normalized spacial score (nSPS) is 26.5. The van der Waals surface area contributed by atoms with E-state index in [0.29, 0.717) is 25.1 Å². The summed E-state index contributed by atoms with van der Waals surface area (Å²) in [4.78, 5) is 26.2. The lowest BCUT2D eigenvalue weighted by Crippen LogP contribution is -2.47. The quantitative estimate of drug-likeness (QED) is 0.867. The topological polar surface area (TPSA) is 99.2 Å².